The average molecular weight is 625 g/mol. The van der Waals surface area contributed by atoms with Crippen molar-refractivity contribution in [2.24, 2.45) is 0 Å². The minimum Gasteiger partial charge on any atom is -0.492 e. The van der Waals surface area contributed by atoms with Crippen LogP contribution in [0.25, 0.3) is 11.1 Å². The number of carboxylic acid groups (broad SMARTS) is 1. The number of carbonyl (C=O) groups is 2. The second-order valence-electron chi connectivity index (χ2n) is 10.1. The van der Waals surface area contributed by atoms with Gasteiger partial charge in [0.05, 0.1) is 29.1 Å². The van der Waals surface area contributed by atoms with Crippen molar-refractivity contribution in [1.29, 1.82) is 0 Å². The van der Waals surface area contributed by atoms with Gasteiger partial charge >= 0.3 is 12.1 Å². The van der Waals surface area contributed by atoms with E-state index in [2.05, 4.69) is 5.32 Å². The van der Waals surface area contributed by atoms with Crippen LogP contribution in [0, 0.1) is 0 Å². The van der Waals surface area contributed by atoms with E-state index in [1.807, 2.05) is 0 Å². The second kappa shape index (κ2) is 12.4. The lowest BCUT2D eigenvalue weighted by Gasteiger charge is -2.26. The molecular formula is C32H27F3N2O6S. The highest BCUT2D eigenvalue weighted by Gasteiger charge is 2.42. The SMILES string of the molecule is O=C(O)Cc1ccc(OCCNC(=O)C2Cc3ccccc3N2S(=O)(=O)c2ccc(-c3cccc(C(F)(F)F)c3)cc2)cc1. The van der Waals surface area contributed by atoms with Crippen molar-refractivity contribution >= 4 is 27.6 Å². The fraction of sp³-hybridized carbons (Fsp3) is 0.188. The third-order valence-electron chi connectivity index (χ3n) is 7.11. The molecule has 0 saturated heterocycles. The number of halogens is 3. The van der Waals surface area contributed by atoms with E-state index in [9.17, 15) is 31.2 Å². The summed E-state index contributed by atoms with van der Waals surface area (Å²) < 4.78 is 74.0. The molecule has 44 heavy (non-hydrogen) atoms. The van der Waals surface area contributed by atoms with Gasteiger partial charge < -0.3 is 15.2 Å². The van der Waals surface area contributed by atoms with E-state index in [1.165, 1.54) is 36.4 Å². The van der Waals surface area contributed by atoms with Crippen molar-refractivity contribution in [3.8, 4) is 16.9 Å². The zero-order chi connectivity index (χ0) is 31.5. The summed E-state index contributed by atoms with van der Waals surface area (Å²) in [4.78, 5) is 24.0. The molecule has 2 N–H and O–H groups in total. The highest BCUT2D eigenvalue weighted by Crippen LogP contribution is 2.38. The number of alkyl halides is 3. The Morgan fingerprint density at radius 3 is 2.30 bits per heavy atom. The molecule has 0 aliphatic carbocycles. The molecule has 1 unspecified atom stereocenters. The summed E-state index contributed by atoms with van der Waals surface area (Å²) >= 11 is 0. The number of fused-ring (bicyclic) bond motifs is 1. The molecule has 1 amide bonds. The van der Waals surface area contributed by atoms with Crippen LogP contribution >= 0.6 is 0 Å². The largest absolute Gasteiger partial charge is 0.492 e. The van der Waals surface area contributed by atoms with Crippen LogP contribution in [-0.4, -0.2) is 44.6 Å². The minimum atomic E-state index is -4.51. The first-order valence-electron chi connectivity index (χ1n) is 13.5. The van der Waals surface area contributed by atoms with E-state index < -0.39 is 39.7 Å². The monoisotopic (exact) mass is 624 g/mol. The molecule has 1 atom stereocenters. The Labute approximate surface area is 251 Å². The van der Waals surface area contributed by atoms with Crippen molar-refractivity contribution in [2.45, 2.75) is 30.0 Å². The maximum absolute atomic E-state index is 13.9. The van der Waals surface area contributed by atoms with Crippen molar-refractivity contribution < 1.29 is 41.0 Å². The first-order valence-corrected chi connectivity index (χ1v) is 15.0. The van der Waals surface area contributed by atoms with Crippen molar-refractivity contribution in [1.82, 2.24) is 5.32 Å². The summed E-state index contributed by atoms with van der Waals surface area (Å²) in [6.45, 7) is 0.176. The van der Waals surface area contributed by atoms with Crippen LogP contribution in [0.5, 0.6) is 5.75 Å². The molecule has 8 nitrogen and oxygen atoms in total. The standard InChI is InChI=1S/C32H27F3N2O6S/c33-32(34,35)25-6-3-5-23(19-25)22-10-14-27(15-11-22)44(41,42)37-28-7-2-1-4-24(28)20-29(37)31(40)36-16-17-43-26-12-8-21(9-13-26)18-30(38)39/h1-15,19,29H,16-18,20H2,(H,36,40)(H,38,39). The molecule has 5 rings (SSSR count). The van der Waals surface area contributed by atoms with E-state index in [-0.39, 0.29) is 36.5 Å². The van der Waals surface area contributed by atoms with Gasteiger partial charge in [0, 0.05) is 6.42 Å². The van der Waals surface area contributed by atoms with Gasteiger partial charge in [0.1, 0.15) is 18.4 Å². The van der Waals surface area contributed by atoms with Crippen LogP contribution in [0.3, 0.4) is 0 Å². The molecule has 1 aliphatic heterocycles. The minimum absolute atomic E-state index is 0.0854. The lowest BCUT2D eigenvalue weighted by molar-refractivity contribution is -0.138. The Hall–Kier alpha value is -4.84. The quantitative estimate of drug-likeness (QED) is 0.231. The van der Waals surface area contributed by atoms with Crippen molar-refractivity contribution in [3.63, 3.8) is 0 Å². The second-order valence-corrected chi connectivity index (χ2v) is 11.9. The number of hydrogen-bond acceptors (Lipinski definition) is 5. The number of carboxylic acids is 1. The first kappa shape index (κ1) is 30.6. The number of carbonyl (C=O) groups excluding carboxylic acids is 1. The zero-order valence-corrected chi connectivity index (χ0v) is 23.9. The predicted molar refractivity (Wildman–Crippen MR) is 157 cm³/mol. The fourth-order valence-corrected chi connectivity index (χ4v) is 6.65. The molecule has 12 heteroatoms. The molecular weight excluding hydrogens is 597 g/mol. The predicted octanol–water partition coefficient (Wildman–Crippen LogP) is 5.31. The number of ether oxygens (including phenoxy) is 1. The number of rotatable bonds is 10. The lowest BCUT2D eigenvalue weighted by atomic mass is 10.0. The number of nitrogens with one attached hydrogen (secondary N) is 1. The average Bonchev–Trinajstić information content (AvgIpc) is 3.40. The Bertz CT molecular complexity index is 1780. The van der Waals surface area contributed by atoms with Crippen molar-refractivity contribution in [2.75, 3.05) is 17.5 Å². The fourth-order valence-electron chi connectivity index (χ4n) is 5.00. The topological polar surface area (TPSA) is 113 Å². The Morgan fingerprint density at radius 2 is 1.61 bits per heavy atom. The maximum Gasteiger partial charge on any atom is 0.416 e. The number of anilines is 1. The van der Waals surface area contributed by atoms with Crippen LogP contribution in [0.2, 0.25) is 0 Å². The van der Waals surface area contributed by atoms with Crippen LogP contribution < -0.4 is 14.4 Å². The number of benzene rings is 4. The zero-order valence-electron chi connectivity index (χ0n) is 23.1. The molecule has 0 saturated carbocycles. The van der Waals surface area contributed by atoms with E-state index in [4.69, 9.17) is 9.84 Å². The molecule has 228 valence electrons. The Balaban J connectivity index is 1.30. The Kier molecular flexibility index (Phi) is 8.63. The summed E-state index contributed by atoms with van der Waals surface area (Å²) in [5.74, 6) is -0.983. The molecule has 0 spiro atoms. The van der Waals surface area contributed by atoms with Gasteiger partial charge in [-0.1, -0.05) is 54.6 Å². The number of sulfonamides is 1. The van der Waals surface area contributed by atoms with Gasteiger partial charge in [-0.3, -0.25) is 13.9 Å². The first-order chi connectivity index (χ1) is 20.9. The number of hydrogen-bond donors (Lipinski definition) is 2. The summed E-state index contributed by atoms with van der Waals surface area (Å²) in [5.41, 5.74) is 1.54. The van der Waals surface area contributed by atoms with Gasteiger partial charge in [-0.15, -0.1) is 0 Å². The normalized spacial score (nSPS) is 14.6. The molecule has 0 aromatic heterocycles. The summed E-state index contributed by atoms with van der Waals surface area (Å²) in [6.07, 6.45) is -4.48. The number of amides is 1. The summed E-state index contributed by atoms with van der Waals surface area (Å²) in [7, 11) is -4.24. The maximum atomic E-state index is 13.9. The molecule has 4 aromatic rings. The molecule has 1 aliphatic rings. The summed E-state index contributed by atoms with van der Waals surface area (Å²) in [5, 5.41) is 11.6. The Morgan fingerprint density at radius 1 is 0.909 bits per heavy atom. The van der Waals surface area contributed by atoms with Gasteiger partial charge in [-0.25, -0.2) is 8.42 Å². The van der Waals surface area contributed by atoms with Gasteiger partial charge in [0.2, 0.25) is 5.91 Å². The van der Waals surface area contributed by atoms with E-state index in [1.54, 1.807) is 48.5 Å². The van der Waals surface area contributed by atoms with Crippen LogP contribution in [0.1, 0.15) is 16.7 Å². The van der Waals surface area contributed by atoms with E-state index in [0.717, 1.165) is 16.4 Å². The van der Waals surface area contributed by atoms with Crippen LogP contribution in [0.15, 0.2) is 102 Å². The third-order valence-corrected chi connectivity index (χ3v) is 8.95. The van der Waals surface area contributed by atoms with Gasteiger partial charge in [-0.05, 0) is 64.7 Å². The summed E-state index contributed by atoms with van der Waals surface area (Å²) in [6, 6.07) is 22.5. The van der Waals surface area contributed by atoms with Gasteiger partial charge in [0.25, 0.3) is 10.0 Å². The van der Waals surface area contributed by atoms with Gasteiger partial charge in [-0.2, -0.15) is 13.2 Å². The van der Waals surface area contributed by atoms with Gasteiger partial charge in [0.15, 0.2) is 0 Å². The molecule has 1 heterocycles. The molecule has 4 aromatic carbocycles. The van der Waals surface area contributed by atoms with E-state index >= 15 is 0 Å². The number of para-hydroxylation sites is 1. The lowest BCUT2D eigenvalue weighted by Crippen LogP contribution is -2.48. The molecule has 0 bridgehead atoms. The van der Waals surface area contributed by atoms with Crippen LogP contribution in [0.4, 0.5) is 18.9 Å². The highest BCUT2D eigenvalue weighted by molar-refractivity contribution is 7.93. The number of nitrogens with zero attached hydrogens (tertiary/aromatic N) is 1. The molecule has 0 radical (unpaired) electrons. The smallest absolute Gasteiger partial charge is 0.416 e. The van der Waals surface area contributed by atoms with E-state index in [0.29, 0.717) is 28.1 Å². The highest BCUT2D eigenvalue weighted by atomic mass is 32.2. The van der Waals surface area contributed by atoms with Crippen LogP contribution in [-0.2, 0) is 38.6 Å². The third kappa shape index (κ3) is 6.70. The van der Waals surface area contributed by atoms with Crippen molar-refractivity contribution in [3.05, 3.63) is 114 Å². The molecule has 0 fully saturated rings. The number of aliphatic carboxylic acids is 1.